The number of benzene rings is 2. The molecule has 1 aliphatic rings. The number of halogens is 1. The smallest absolute Gasteiger partial charge is 0.235 e. The van der Waals surface area contributed by atoms with Crippen LogP contribution < -0.4 is 10.1 Å². The Morgan fingerprint density at radius 3 is 2.96 bits per heavy atom. The fraction of sp³-hybridized carbons (Fsp3) is 0.158. The van der Waals surface area contributed by atoms with E-state index in [2.05, 4.69) is 10.3 Å². The number of nitrogens with one attached hydrogen (secondary N) is 1. The minimum atomic E-state index is -0.185. The van der Waals surface area contributed by atoms with Gasteiger partial charge >= 0.3 is 0 Å². The maximum Gasteiger partial charge on any atom is 0.235 e. The Balaban J connectivity index is 1.88. The van der Waals surface area contributed by atoms with Crippen LogP contribution in [-0.2, 0) is 4.79 Å². The van der Waals surface area contributed by atoms with Crippen molar-refractivity contribution in [1.82, 2.24) is 9.55 Å². The zero-order chi connectivity index (χ0) is 19.0. The summed E-state index contributed by atoms with van der Waals surface area (Å²) in [6.07, 6.45) is 1.67. The van der Waals surface area contributed by atoms with E-state index in [-0.39, 0.29) is 16.9 Å². The summed E-state index contributed by atoms with van der Waals surface area (Å²) in [4.78, 5) is 16.5. The first kappa shape index (κ1) is 17.8. The van der Waals surface area contributed by atoms with Crippen molar-refractivity contribution in [2.45, 2.75) is 5.25 Å². The van der Waals surface area contributed by atoms with Gasteiger partial charge in [0.1, 0.15) is 6.33 Å². The zero-order valence-electron chi connectivity index (χ0n) is 14.3. The number of nitrogens with zero attached hydrogens (tertiary/aromatic N) is 2. The summed E-state index contributed by atoms with van der Waals surface area (Å²) in [5.74, 6) is 1.15. The number of phenolic OH excluding ortho intramolecular Hbond substituents is 1. The molecule has 3 aromatic rings. The van der Waals surface area contributed by atoms with Crippen LogP contribution in [0.2, 0.25) is 5.02 Å². The fourth-order valence-corrected chi connectivity index (χ4v) is 4.35. The van der Waals surface area contributed by atoms with Crippen molar-refractivity contribution < 1.29 is 14.6 Å². The van der Waals surface area contributed by atoms with Crippen LogP contribution in [0.3, 0.4) is 0 Å². The number of hydrogen-bond acceptors (Lipinski definition) is 5. The van der Waals surface area contributed by atoms with E-state index >= 15 is 0 Å². The Bertz CT molecular complexity index is 1020. The molecule has 1 aliphatic heterocycles. The lowest BCUT2D eigenvalue weighted by atomic mass is 10.1. The molecule has 27 heavy (non-hydrogen) atoms. The van der Waals surface area contributed by atoms with Crippen molar-refractivity contribution in [2.24, 2.45) is 0 Å². The van der Waals surface area contributed by atoms with E-state index in [0.29, 0.717) is 22.3 Å². The zero-order valence-corrected chi connectivity index (χ0v) is 15.9. The van der Waals surface area contributed by atoms with Crippen molar-refractivity contribution in [1.29, 1.82) is 0 Å². The number of amides is 1. The average molecular weight is 402 g/mol. The van der Waals surface area contributed by atoms with E-state index in [9.17, 15) is 9.90 Å². The van der Waals surface area contributed by atoms with E-state index in [1.165, 1.54) is 18.9 Å². The van der Waals surface area contributed by atoms with Gasteiger partial charge in [-0.25, -0.2) is 4.98 Å². The first-order valence-electron chi connectivity index (χ1n) is 8.18. The van der Waals surface area contributed by atoms with Gasteiger partial charge < -0.3 is 15.2 Å². The number of aromatic nitrogens is 2. The second-order valence-electron chi connectivity index (χ2n) is 6.00. The number of fused-ring (bicyclic) bond motifs is 1. The summed E-state index contributed by atoms with van der Waals surface area (Å²) >= 11 is 7.65. The molecular weight excluding hydrogens is 386 g/mol. The summed E-state index contributed by atoms with van der Waals surface area (Å²) in [6, 6.07) is 12.6. The molecule has 2 heterocycles. The normalized spacial score (nSPS) is 16.4. The fourth-order valence-electron chi connectivity index (χ4n) is 3.05. The number of anilines is 1. The minimum Gasteiger partial charge on any atom is -0.504 e. The van der Waals surface area contributed by atoms with Gasteiger partial charge in [0.15, 0.2) is 17.3 Å². The van der Waals surface area contributed by atoms with Crippen molar-refractivity contribution in [3.05, 3.63) is 65.1 Å². The average Bonchev–Trinajstić information content (AvgIpc) is 2.98. The Labute approximate surface area is 165 Å². The van der Waals surface area contributed by atoms with Crippen LogP contribution >= 0.6 is 23.4 Å². The first-order chi connectivity index (χ1) is 13.1. The van der Waals surface area contributed by atoms with E-state index in [1.807, 2.05) is 28.8 Å². The quantitative estimate of drug-likeness (QED) is 0.693. The first-order valence-corrected chi connectivity index (χ1v) is 9.61. The highest BCUT2D eigenvalue weighted by molar-refractivity contribution is 8.00. The van der Waals surface area contributed by atoms with Crippen LogP contribution in [0.4, 0.5) is 5.82 Å². The summed E-state index contributed by atoms with van der Waals surface area (Å²) in [5, 5.41) is 13.2. The van der Waals surface area contributed by atoms with Gasteiger partial charge in [-0.05, 0) is 35.9 Å². The topological polar surface area (TPSA) is 76.4 Å². The Kier molecular flexibility index (Phi) is 4.72. The number of hydrogen-bond donors (Lipinski definition) is 2. The Morgan fingerprint density at radius 2 is 2.19 bits per heavy atom. The maximum atomic E-state index is 12.1. The van der Waals surface area contributed by atoms with Crippen LogP contribution in [-0.4, -0.2) is 33.4 Å². The van der Waals surface area contributed by atoms with Crippen molar-refractivity contribution in [3.63, 3.8) is 0 Å². The molecular formula is C19H16ClN3O3S. The number of carbonyl (C=O) groups is 1. The van der Waals surface area contributed by atoms with Gasteiger partial charge in [0.25, 0.3) is 0 Å². The Hall–Kier alpha value is -2.64. The number of imidazole rings is 1. The molecule has 1 atom stereocenters. The van der Waals surface area contributed by atoms with Crippen LogP contribution in [0, 0.1) is 0 Å². The molecule has 0 bridgehead atoms. The molecule has 0 fully saturated rings. The summed E-state index contributed by atoms with van der Waals surface area (Å²) in [6.45, 7) is 0. The molecule has 2 aromatic carbocycles. The van der Waals surface area contributed by atoms with Gasteiger partial charge in [0, 0.05) is 10.7 Å². The van der Waals surface area contributed by atoms with E-state index in [0.717, 1.165) is 16.9 Å². The van der Waals surface area contributed by atoms with Crippen molar-refractivity contribution >= 4 is 35.1 Å². The molecule has 6 nitrogen and oxygen atoms in total. The van der Waals surface area contributed by atoms with Gasteiger partial charge in [-0.1, -0.05) is 23.7 Å². The molecule has 0 saturated carbocycles. The highest BCUT2D eigenvalue weighted by Gasteiger charge is 2.29. The molecule has 0 aliphatic carbocycles. The molecule has 0 unspecified atom stereocenters. The number of aromatic hydroxyl groups is 1. The molecule has 8 heteroatoms. The van der Waals surface area contributed by atoms with Gasteiger partial charge in [-0.15, -0.1) is 11.8 Å². The lowest BCUT2D eigenvalue weighted by Crippen LogP contribution is -2.12. The molecule has 2 N–H and O–H groups in total. The van der Waals surface area contributed by atoms with Crippen LogP contribution in [0.25, 0.3) is 5.69 Å². The molecule has 138 valence electrons. The second kappa shape index (κ2) is 7.17. The van der Waals surface area contributed by atoms with Crippen molar-refractivity contribution in [3.8, 4) is 17.2 Å². The summed E-state index contributed by atoms with van der Waals surface area (Å²) in [5.41, 5.74) is 2.58. The molecule has 1 aromatic heterocycles. The van der Waals surface area contributed by atoms with Gasteiger partial charge in [-0.3, -0.25) is 9.36 Å². The molecule has 0 spiro atoms. The Morgan fingerprint density at radius 1 is 1.33 bits per heavy atom. The molecule has 0 saturated heterocycles. The van der Waals surface area contributed by atoms with E-state index in [4.69, 9.17) is 16.3 Å². The standard InChI is InChI=1S/C19H16ClN3O3S/c1-26-15-7-11(5-6-14(15)24)18-17-19(22-16(25)9-27-18)21-10-23(17)13-4-2-3-12(20)8-13/h2-8,10,18,24H,9H2,1H3,(H,22,25)/t18-/m1/s1. The number of thioether (sulfide) groups is 1. The van der Waals surface area contributed by atoms with Crippen LogP contribution in [0.1, 0.15) is 16.5 Å². The highest BCUT2D eigenvalue weighted by atomic mass is 35.5. The third-order valence-corrected chi connectivity index (χ3v) is 5.78. The summed E-state index contributed by atoms with van der Waals surface area (Å²) < 4.78 is 7.17. The number of phenols is 1. The SMILES string of the molecule is COc1cc([C@H]2SCC(=O)Nc3ncn(-c4cccc(Cl)c4)c32)ccc1O. The largest absolute Gasteiger partial charge is 0.504 e. The lowest BCUT2D eigenvalue weighted by molar-refractivity contribution is -0.113. The summed E-state index contributed by atoms with van der Waals surface area (Å²) in [7, 11) is 1.51. The monoisotopic (exact) mass is 401 g/mol. The number of ether oxygens (including phenoxy) is 1. The molecule has 4 rings (SSSR count). The van der Waals surface area contributed by atoms with Gasteiger partial charge in [0.2, 0.25) is 5.91 Å². The number of methoxy groups -OCH3 is 1. The third-order valence-electron chi connectivity index (χ3n) is 4.28. The predicted octanol–water partition coefficient (Wildman–Crippen LogP) is 4.01. The van der Waals surface area contributed by atoms with E-state index < -0.39 is 0 Å². The number of carbonyl (C=O) groups excluding carboxylic acids is 1. The van der Waals surface area contributed by atoms with E-state index in [1.54, 1.807) is 24.5 Å². The van der Waals surface area contributed by atoms with Gasteiger partial charge in [0.05, 0.1) is 23.8 Å². The third kappa shape index (κ3) is 3.36. The minimum absolute atomic E-state index is 0.0673. The molecule has 1 amide bonds. The lowest BCUT2D eigenvalue weighted by Gasteiger charge is -2.19. The molecule has 0 radical (unpaired) electrons. The second-order valence-corrected chi connectivity index (χ2v) is 7.53. The van der Waals surface area contributed by atoms with Crippen LogP contribution in [0.5, 0.6) is 11.5 Å². The maximum absolute atomic E-state index is 12.1. The predicted molar refractivity (Wildman–Crippen MR) is 106 cm³/mol. The number of rotatable bonds is 3. The highest BCUT2D eigenvalue weighted by Crippen LogP contribution is 2.44. The van der Waals surface area contributed by atoms with Crippen LogP contribution in [0.15, 0.2) is 48.8 Å². The van der Waals surface area contributed by atoms with Crippen molar-refractivity contribution in [2.75, 3.05) is 18.2 Å². The van der Waals surface area contributed by atoms with Gasteiger partial charge in [-0.2, -0.15) is 0 Å².